The van der Waals surface area contributed by atoms with Crippen LogP contribution in [-0.4, -0.2) is 35.2 Å². The predicted octanol–water partition coefficient (Wildman–Crippen LogP) is 3.76. The first kappa shape index (κ1) is 21.9. The zero-order valence-corrected chi connectivity index (χ0v) is 17.2. The lowest BCUT2D eigenvalue weighted by molar-refractivity contribution is -0.118. The summed E-state index contributed by atoms with van der Waals surface area (Å²) in [7, 11) is 1.55. The van der Waals surface area contributed by atoms with Crippen molar-refractivity contribution in [3.05, 3.63) is 65.7 Å². The van der Waals surface area contributed by atoms with Gasteiger partial charge in [0.25, 0.3) is 5.91 Å². The highest BCUT2D eigenvalue weighted by Gasteiger charge is 2.28. The quantitative estimate of drug-likeness (QED) is 0.534. The highest BCUT2D eigenvalue weighted by atomic mass is 19.1. The van der Waals surface area contributed by atoms with Gasteiger partial charge in [0.05, 0.1) is 12.8 Å². The summed E-state index contributed by atoms with van der Waals surface area (Å²) in [6, 6.07) is 11.0. The van der Waals surface area contributed by atoms with E-state index in [4.69, 9.17) is 4.74 Å². The van der Waals surface area contributed by atoms with Gasteiger partial charge >= 0.3 is 0 Å². The van der Waals surface area contributed by atoms with Crippen molar-refractivity contribution in [2.24, 2.45) is 5.92 Å². The lowest BCUT2D eigenvalue weighted by Crippen LogP contribution is -2.47. The molecule has 0 aliphatic heterocycles. The molecular formula is C22H22F2N4O3. The van der Waals surface area contributed by atoms with Gasteiger partial charge in [0.1, 0.15) is 29.0 Å². The van der Waals surface area contributed by atoms with Crippen molar-refractivity contribution in [1.29, 1.82) is 0 Å². The summed E-state index contributed by atoms with van der Waals surface area (Å²) in [6.07, 6.45) is 0. The van der Waals surface area contributed by atoms with E-state index in [0.29, 0.717) is 11.4 Å². The average Bonchev–Trinajstić information content (AvgIpc) is 3.19. The van der Waals surface area contributed by atoms with Crippen LogP contribution in [0.3, 0.4) is 0 Å². The lowest BCUT2D eigenvalue weighted by atomic mass is 10.0. The maximum absolute atomic E-state index is 13.9. The molecule has 3 aromatic rings. The molecule has 1 atom stereocenters. The van der Waals surface area contributed by atoms with Gasteiger partial charge in [-0.1, -0.05) is 32.0 Å². The number of para-hydroxylation sites is 1. The molecule has 0 bridgehead atoms. The molecule has 0 spiro atoms. The van der Waals surface area contributed by atoms with Crippen LogP contribution in [0.1, 0.15) is 24.2 Å². The number of aromatic nitrogens is 2. The van der Waals surface area contributed by atoms with Crippen molar-refractivity contribution >= 4 is 17.6 Å². The molecule has 2 amide bonds. The van der Waals surface area contributed by atoms with E-state index in [1.54, 1.807) is 33.1 Å². The van der Waals surface area contributed by atoms with E-state index >= 15 is 0 Å². The van der Waals surface area contributed by atoms with Crippen molar-refractivity contribution < 1.29 is 23.1 Å². The number of amides is 2. The van der Waals surface area contributed by atoms with Gasteiger partial charge in [-0.15, -0.1) is 0 Å². The summed E-state index contributed by atoms with van der Waals surface area (Å²) >= 11 is 0. The number of nitrogens with one attached hydrogen (secondary N) is 3. The topological polar surface area (TPSA) is 96.1 Å². The van der Waals surface area contributed by atoms with E-state index in [1.807, 2.05) is 18.2 Å². The van der Waals surface area contributed by atoms with Gasteiger partial charge < -0.3 is 15.4 Å². The number of carbonyl (C=O) groups excluding carboxylic acids is 2. The van der Waals surface area contributed by atoms with Crippen molar-refractivity contribution in [1.82, 2.24) is 15.5 Å². The van der Waals surface area contributed by atoms with Crippen LogP contribution in [0.2, 0.25) is 0 Å². The summed E-state index contributed by atoms with van der Waals surface area (Å²) in [5.41, 5.74) is 0.632. The molecule has 0 radical (unpaired) electrons. The SMILES string of the molecule is COc1ccccc1-c1cc(NC(=O)C(NC(=O)c2c(F)cccc2F)C(C)C)n[nH]1. The minimum absolute atomic E-state index is 0.225. The van der Waals surface area contributed by atoms with Gasteiger partial charge in [0, 0.05) is 11.6 Å². The Kier molecular flexibility index (Phi) is 6.64. The normalized spacial score (nSPS) is 11.8. The second kappa shape index (κ2) is 9.38. The van der Waals surface area contributed by atoms with Crippen LogP contribution in [0.25, 0.3) is 11.3 Å². The minimum atomic E-state index is -1.04. The first-order chi connectivity index (χ1) is 14.8. The Labute approximate surface area is 177 Å². The standard InChI is InChI=1S/C22H22F2N4O3/c1-12(2)20(26-21(29)19-14(23)8-6-9-15(19)24)22(30)25-18-11-16(27-28-18)13-7-4-5-10-17(13)31-3/h4-12,20H,1-3H3,(H,26,29)(H2,25,27,28,30). The number of ether oxygens (including phenoxy) is 1. The van der Waals surface area contributed by atoms with Crippen LogP contribution < -0.4 is 15.4 Å². The van der Waals surface area contributed by atoms with E-state index in [1.165, 1.54) is 0 Å². The fourth-order valence-corrected chi connectivity index (χ4v) is 3.06. The van der Waals surface area contributed by atoms with E-state index in [0.717, 1.165) is 23.8 Å². The van der Waals surface area contributed by atoms with Crippen LogP contribution in [0.4, 0.5) is 14.6 Å². The Morgan fingerprint density at radius 2 is 1.74 bits per heavy atom. The molecule has 162 valence electrons. The number of halogens is 2. The summed E-state index contributed by atoms with van der Waals surface area (Å²) in [5.74, 6) is -3.10. The molecule has 3 rings (SSSR count). The van der Waals surface area contributed by atoms with Gasteiger partial charge in [-0.2, -0.15) is 5.10 Å². The number of anilines is 1. The van der Waals surface area contributed by atoms with Crippen molar-refractivity contribution in [2.45, 2.75) is 19.9 Å². The number of aromatic amines is 1. The lowest BCUT2D eigenvalue weighted by Gasteiger charge is -2.21. The fourth-order valence-electron chi connectivity index (χ4n) is 3.06. The summed E-state index contributed by atoms with van der Waals surface area (Å²) in [4.78, 5) is 25.2. The third-order valence-electron chi connectivity index (χ3n) is 4.65. The maximum atomic E-state index is 13.9. The molecule has 3 N–H and O–H groups in total. The van der Waals surface area contributed by atoms with Gasteiger partial charge in [-0.3, -0.25) is 14.7 Å². The number of H-pyrrole nitrogens is 1. The zero-order valence-electron chi connectivity index (χ0n) is 17.2. The number of benzene rings is 2. The molecule has 9 heteroatoms. The Balaban J connectivity index is 1.76. The number of carbonyl (C=O) groups is 2. The summed E-state index contributed by atoms with van der Waals surface area (Å²) in [5, 5.41) is 11.9. The highest BCUT2D eigenvalue weighted by molar-refractivity contribution is 6.01. The number of nitrogens with zero attached hydrogens (tertiary/aromatic N) is 1. The molecule has 31 heavy (non-hydrogen) atoms. The molecule has 1 aromatic heterocycles. The Bertz CT molecular complexity index is 1080. The molecule has 1 unspecified atom stereocenters. The third-order valence-corrected chi connectivity index (χ3v) is 4.65. The van der Waals surface area contributed by atoms with Crippen LogP contribution >= 0.6 is 0 Å². The fraction of sp³-hybridized carbons (Fsp3) is 0.227. The van der Waals surface area contributed by atoms with E-state index in [2.05, 4.69) is 20.8 Å². The Morgan fingerprint density at radius 1 is 1.06 bits per heavy atom. The number of methoxy groups -OCH3 is 1. The zero-order chi connectivity index (χ0) is 22.5. The molecule has 0 aliphatic rings. The van der Waals surface area contributed by atoms with Gasteiger partial charge in [-0.25, -0.2) is 8.78 Å². The maximum Gasteiger partial charge on any atom is 0.257 e. The summed E-state index contributed by atoms with van der Waals surface area (Å²) < 4.78 is 33.1. The first-order valence-electron chi connectivity index (χ1n) is 9.56. The molecule has 0 saturated carbocycles. The third kappa shape index (κ3) is 4.88. The molecule has 2 aromatic carbocycles. The molecule has 0 fully saturated rings. The Morgan fingerprint density at radius 3 is 2.39 bits per heavy atom. The van der Waals surface area contributed by atoms with Gasteiger partial charge in [-0.05, 0) is 30.2 Å². The molecular weight excluding hydrogens is 406 g/mol. The largest absolute Gasteiger partial charge is 0.496 e. The second-order valence-electron chi connectivity index (χ2n) is 7.15. The Hall–Kier alpha value is -3.75. The van der Waals surface area contributed by atoms with Crippen LogP contribution in [0.15, 0.2) is 48.5 Å². The number of hydrogen-bond acceptors (Lipinski definition) is 4. The molecule has 0 aliphatic carbocycles. The van der Waals surface area contributed by atoms with Crippen LogP contribution in [-0.2, 0) is 4.79 Å². The van der Waals surface area contributed by atoms with Gasteiger partial charge in [0.2, 0.25) is 5.91 Å². The van der Waals surface area contributed by atoms with Crippen molar-refractivity contribution in [2.75, 3.05) is 12.4 Å². The van der Waals surface area contributed by atoms with Crippen molar-refractivity contribution in [3.8, 4) is 17.0 Å². The highest BCUT2D eigenvalue weighted by Crippen LogP contribution is 2.29. The summed E-state index contributed by atoms with van der Waals surface area (Å²) in [6.45, 7) is 3.40. The first-order valence-corrected chi connectivity index (χ1v) is 9.56. The van der Waals surface area contributed by atoms with Crippen molar-refractivity contribution in [3.63, 3.8) is 0 Å². The van der Waals surface area contributed by atoms with E-state index in [9.17, 15) is 18.4 Å². The second-order valence-corrected chi connectivity index (χ2v) is 7.15. The van der Waals surface area contributed by atoms with E-state index in [-0.39, 0.29) is 11.7 Å². The smallest absolute Gasteiger partial charge is 0.257 e. The minimum Gasteiger partial charge on any atom is -0.496 e. The monoisotopic (exact) mass is 428 g/mol. The number of rotatable bonds is 7. The average molecular weight is 428 g/mol. The van der Waals surface area contributed by atoms with E-state index < -0.39 is 35.1 Å². The molecule has 0 saturated heterocycles. The molecule has 7 nitrogen and oxygen atoms in total. The molecule has 1 heterocycles. The predicted molar refractivity (Wildman–Crippen MR) is 112 cm³/mol. The number of hydrogen-bond donors (Lipinski definition) is 3. The van der Waals surface area contributed by atoms with Crippen LogP contribution in [0, 0.1) is 17.6 Å². The van der Waals surface area contributed by atoms with Gasteiger partial charge in [0.15, 0.2) is 5.82 Å². The van der Waals surface area contributed by atoms with Crippen LogP contribution in [0.5, 0.6) is 5.75 Å².